The van der Waals surface area contributed by atoms with E-state index < -0.39 is 66.1 Å². The molecule has 0 aliphatic rings. The lowest BCUT2D eigenvalue weighted by molar-refractivity contribution is -0.164. The van der Waals surface area contributed by atoms with Gasteiger partial charge in [0.05, 0.1) is 11.2 Å². The number of primary amides is 1. The first-order valence-electron chi connectivity index (χ1n) is 12.0. The zero-order chi connectivity index (χ0) is 30.0. The van der Waals surface area contributed by atoms with Gasteiger partial charge in [0.25, 0.3) is 0 Å². The number of halogens is 2. The first kappa shape index (κ1) is 32.1. The van der Waals surface area contributed by atoms with Crippen molar-refractivity contribution in [1.82, 2.24) is 0 Å². The van der Waals surface area contributed by atoms with Crippen molar-refractivity contribution < 1.29 is 47.0 Å². The minimum Gasteiger partial charge on any atom is -0.480 e. The summed E-state index contributed by atoms with van der Waals surface area (Å²) in [7, 11) is -5.09. The molecule has 0 heterocycles. The summed E-state index contributed by atoms with van der Waals surface area (Å²) in [5.41, 5.74) is -3.79. The van der Waals surface area contributed by atoms with Gasteiger partial charge in [-0.2, -0.15) is 8.78 Å². The molecule has 0 atom stereocenters. The zero-order valence-electron chi connectivity index (χ0n) is 22.7. The quantitative estimate of drug-likeness (QED) is 0.234. The highest BCUT2D eigenvalue weighted by molar-refractivity contribution is 7.54. The second kappa shape index (κ2) is 11.2. The fourth-order valence-corrected chi connectivity index (χ4v) is 5.95. The number of benzene rings is 2. The van der Waals surface area contributed by atoms with Crippen molar-refractivity contribution in [1.29, 1.82) is 0 Å². The zero-order valence-corrected chi connectivity index (χ0v) is 23.6. The number of hydrogen-bond acceptors (Lipinski definition) is 6. The Morgan fingerprint density at radius 3 is 1.44 bits per heavy atom. The van der Waals surface area contributed by atoms with Crippen molar-refractivity contribution in [3.8, 4) is 0 Å². The lowest BCUT2D eigenvalue weighted by Crippen LogP contribution is -2.43. The van der Waals surface area contributed by atoms with Crippen molar-refractivity contribution in [2.75, 3.05) is 0 Å². The largest absolute Gasteiger partial charge is 0.480 e. The van der Waals surface area contributed by atoms with Gasteiger partial charge in [-0.3, -0.25) is 28.0 Å². The predicted molar refractivity (Wildman–Crippen MR) is 140 cm³/mol. The summed E-state index contributed by atoms with van der Waals surface area (Å²) in [5, 5.41) is 19.8. The van der Waals surface area contributed by atoms with Gasteiger partial charge in [-0.05, 0) is 77.6 Å². The summed E-state index contributed by atoms with van der Waals surface area (Å²) in [5.74, 6) is -3.97. The molecule has 0 aliphatic heterocycles. The number of alkyl halides is 2. The molecular formula is C27H34F2NO8P. The molecule has 0 fully saturated rings. The van der Waals surface area contributed by atoms with Gasteiger partial charge in [0, 0.05) is 11.1 Å². The molecule has 0 spiro atoms. The molecule has 214 valence electrons. The van der Waals surface area contributed by atoms with Gasteiger partial charge in [0.1, 0.15) is 0 Å². The molecular weight excluding hydrogens is 535 g/mol. The number of carboxylic acid groups (broad SMARTS) is 2. The van der Waals surface area contributed by atoms with Crippen LogP contribution in [0.15, 0.2) is 48.5 Å². The minimum atomic E-state index is -5.09. The van der Waals surface area contributed by atoms with Crippen LogP contribution in [-0.4, -0.2) is 39.3 Å². The molecule has 12 heteroatoms. The highest BCUT2D eigenvalue weighted by atomic mass is 31.2. The predicted octanol–water partition coefficient (Wildman–Crippen LogP) is 5.60. The first-order chi connectivity index (χ1) is 17.6. The van der Waals surface area contributed by atoms with Gasteiger partial charge in [-0.1, -0.05) is 36.4 Å². The summed E-state index contributed by atoms with van der Waals surface area (Å²) in [6.45, 7) is 8.77. The summed E-state index contributed by atoms with van der Waals surface area (Å²) in [4.78, 5) is 35.7. The van der Waals surface area contributed by atoms with E-state index in [9.17, 15) is 29.2 Å². The van der Waals surface area contributed by atoms with Crippen LogP contribution in [0.2, 0.25) is 0 Å². The van der Waals surface area contributed by atoms with E-state index in [1.54, 1.807) is 0 Å². The maximum Gasteiger partial charge on any atom is 0.405 e. The van der Waals surface area contributed by atoms with E-state index in [1.165, 1.54) is 65.8 Å². The van der Waals surface area contributed by atoms with E-state index in [0.717, 1.165) is 24.3 Å². The maximum absolute atomic E-state index is 15.6. The maximum atomic E-state index is 15.6. The van der Waals surface area contributed by atoms with Gasteiger partial charge in [-0.25, -0.2) is 0 Å². The summed E-state index contributed by atoms with van der Waals surface area (Å²) < 4.78 is 55.3. The molecule has 0 radical (unpaired) electrons. The van der Waals surface area contributed by atoms with Gasteiger partial charge >= 0.3 is 25.2 Å². The summed E-state index contributed by atoms with van der Waals surface area (Å²) in [6.07, 6.45) is -1.00. The first-order valence-corrected chi connectivity index (χ1v) is 13.5. The third kappa shape index (κ3) is 7.71. The van der Waals surface area contributed by atoms with Crippen molar-refractivity contribution in [3.05, 3.63) is 70.8 Å². The second-order valence-electron chi connectivity index (χ2n) is 11.3. The fraction of sp³-hybridized carbons (Fsp3) is 0.444. The van der Waals surface area contributed by atoms with Crippen LogP contribution in [0.1, 0.15) is 68.6 Å². The Bertz CT molecular complexity index is 1230. The molecule has 0 aliphatic carbocycles. The Balaban J connectivity index is 2.46. The highest BCUT2D eigenvalue weighted by Gasteiger charge is 2.58. The molecule has 1 amide bonds. The van der Waals surface area contributed by atoms with Gasteiger partial charge in [0.15, 0.2) is 5.41 Å². The minimum absolute atomic E-state index is 0.136. The van der Waals surface area contributed by atoms with E-state index in [2.05, 4.69) is 0 Å². The molecule has 9 nitrogen and oxygen atoms in total. The number of carboxylic acids is 2. The van der Waals surface area contributed by atoms with Crippen LogP contribution in [0, 0.1) is 5.41 Å². The van der Waals surface area contributed by atoms with Crippen molar-refractivity contribution in [2.45, 2.75) is 71.2 Å². The second-order valence-corrected chi connectivity index (χ2v) is 13.2. The fourth-order valence-electron chi connectivity index (χ4n) is 3.78. The SMILES string of the molecule is CC(C)(C)OP(=O)(OC(C)(C)C)C(F)(F)c1ccc(CC(Cc2ccc(C(N)=O)cc2)(C(=O)O)C(=O)O)cc1. The number of hydrogen-bond donors (Lipinski definition) is 3. The number of amides is 1. The van der Waals surface area contributed by atoms with Crippen LogP contribution >= 0.6 is 7.60 Å². The molecule has 39 heavy (non-hydrogen) atoms. The lowest BCUT2D eigenvalue weighted by atomic mass is 9.76. The molecule has 0 saturated heterocycles. The van der Waals surface area contributed by atoms with Crippen LogP contribution in [0.25, 0.3) is 0 Å². The molecule has 0 aromatic heterocycles. The Kier molecular flexibility index (Phi) is 9.17. The lowest BCUT2D eigenvalue weighted by Gasteiger charge is -2.36. The Labute approximate surface area is 225 Å². The van der Waals surface area contributed by atoms with Crippen LogP contribution in [0.5, 0.6) is 0 Å². The number of nitrogens with two attached hydrogens (primary N) is 1. The molecule has 0 bridgehead atoms. The third-order valence-corrected chi connectivity index (χ3v) is 8.02. The monoisotopic (exact) mass is 569 g/mol. The van der Waals surface area contributed by atoms with Gasteiger partial charge in [0.2, 0.25) is 5.91 Å². The number of rotatable bonds is 11. The average molecular weight is 570 g/mol. The van der Waals surface area contributed by atoms with Crippen molar-refractivity contribution in [3.63, 3.8) is 0 Å². The Hall–Kier alpha value is -3.14. The molecule has 2 aromatic rings. The third-order valence-electron chi connectivity index (χ3n) is 5.50. The van der Waals surface area contributed by atoms with Crippen molar-refractivity contribution >= 4 is 25.4 Å². The van der Waals surface area contributed by atoms with Gasteiger partial charge in [-0.15, -0.1) is 0 Å². The van der Waals surface area contributed by atoms with E-state index in [1.807, 2.05) is 0 Å². The molecule has 0 saturated carbocycles. The van der Waals surface area contributed by atoms with E-state index in [0.29, 0.717) is 5.56 Å². The standard InChI is InChI=1S/C27H34F2NO8P/c1-24(2,3)37-39(36,38-25(4,5)6)27(28,29)20-13-9-18(10-14-20)16-26(22(32)33,23(34)35)15-17-7-11-19(12-8-17)21(30)31/h7-14H,15-16H2,1-6H3,(H2,30,31)(H,32,33)(H,34,35). The van der Waals surface area contributed by atoms with Crippen LogP contribution < -0.4 is 5.73 Å². The molecule has 2 aromatic carbocycles. The number of aliphatic carboxylic acids is 2. The van der Waals surface area contributed by atoms with Gasteiger partial charge < -0.3 is 15.9 Å². The highest BCUT2D eigenvalue weighted by Crippen LogP contribution is 2.69. The van der Waals surface area contributed by atoms with E-state index in [4.69, 9.17) is 14.8 Å². The molecule has 4 N–H and O–H groups in total. The summed E-state index contributed by atoms with van der Waals surface area (Å²) in [6, 6.07) is 9.67. The Morgan fingerprint density at radius 2 is 1.13 bits per heavy atom. The van der Waals surface area contributed by atoms with Crippen LogP contribution in [0.3, 0.4) is 0 Å². The van der Waals surface area contributed by atoms with Crippen molar-refractivity contribution in [2.24, 2.45) is 11.1 Å². The molecule has 2 rings (SSSR count). The van der Waals surface area contributed by atoms with E-state index in [-0.39, 0.29) is 11.1 Å². The number of carbonyl (C=O) groups is 3. The van der Waals surface area contributed by atoms with Crippen LogP contribution in [-0.2, 0) is 41.7 Å². The van der Waals surface area contributed by atoms with Crippen LogP contribution in [0.4, 0.5) is 8.78 Å². The van der Waals surface area contributed by atoms with E-state index >= 15 is 8.78 Å². The normalized spacial score (nSPS) is 13.2. The topological polar surface area (TPSA) is 153 Å². The number of carbonyl (C=O) groups excluding carboxylic acids is 1. The smallest absolute Gasteiger partial charge is 0.405 e. The molecule has 0 unspecified atom stereocenters. The average Bonchev–Trinajstić information content (AvgIpc) is 2.76. The summed E-state index contributed by atoms with van der Waals surface area (Å²) >= 11 is 0. The Morgan fingerprint density at radius 1 is 0.769 bits per heavy atom.